The molecule has 1 aliphatic rings. The van der Waals surface area contributed by atoms with E-state index in [-0.39, 0.29) is 0 Å². The number of fused-ring (bicyclic) bond motifs is 3. The monoisotopic (exact) mass is 322 g/mol. The van der Waals surface area contributed by atoms with Gasteiger partial charge >= 0.3 is 7.12 Å². The van der Waals surface area contributed by atoms with Gasteiger partial charge < -0.3 is 10.0 Å². The van der Waals surface area contributed by atoms with Gasteiger partial charge in [-0.15, -0.1) is 0 Å². The first kappa shape index (κ1) is 14.5. The van der Waals surface area contributed by atoms with E-state index >= 15 is 0 Å². The Balaban J connectivity index is 1.87. The summed E-state index contributed by atoms with van der Waals surface area (Å²) in [7, 11) is -1.46. The zero-order chi connectivity index (χ0) is 17.0. The molecule has 118 valence electrons. The van der Waals surface area contributed by atoms with Crippen molar-refractivity contribution in [2.75, 3.05) is 0 Å². The maximum Gasteiger partial charge on any atom is 0.488 e. The van der Waals surface area contributed by atoms with Crippen molar-refractivity contribution in [3.05, 3.63) is 78.9 Å². The standard InChI is InChI=1S/C22H15BO2/c24-23(25)16-7-3-6-15(13-16)17-12-11-14-5-4-10-19-18-8-1-2-9-20(18)22(17)21(14)19/h1-13,24-25H. The van der Waals surface area contributed by atoms with E-state index < -0.39 is 7.12 Å². The molecule has 1 aliphatic carbocycles. The first-order valence-corrected chi connectivity index (χ1v) is 8.36. The third-order valence-corrected chi connectivity index (χ3v) is 5.03. The van der Waals surface area contributed by atoms with E-state index in [4.69, 9.17) is 0 Å². The Bertz CT molecular complexity index is 1130. The Labute approximate surface area is 146 Å². The van der Waals surface area contributed by atoms with Gasteiger partial charge in [0.05, 0.1) is 0 Å². The Morgan fingerprint density at radius 3 is 2.20 bits per heavy atom. The summed E-state index contributed by atoms with van der Waals surface area (Å²) in [6, 6.07) is 26.7. The average molecular weight is 322 g/mol. The van der Waals surface area contributed by atoms with Gasteiger partial charge in [-0.3, -0.25) is 0 Å². The Hall–Kier alpha value is -2.88. The molecule has 0 saturated carbocycles. The minimum absolute atomic E-state index is 0.504. The normalized spacial score (nSPS) is 11.6. The maximum atomic E-state index is 9.52. The molecule has 25 heavy (non-hydrogen) atoms. The molecular weight excluding hydrogens is 307 g/mol. The lowest BCUT2D eigenvalue weighted by atomic mass is 9.78. The summed E-state index contributed by atoms with van der Waals surface area (Å²) in [6.45, 7) is 0. The predicted octanol–water partition coefficient (Wildman–Crippen LogP) is 3.83. The summed E-state index contributed by atoms with van der Waals surface area (Å²) in [4.78, 5) is 0. The first-order chi connectivity index (χ1) is 12.2. The van der Waals surface area contributed by atoms with E-state index in [1.807, 2.05) is 18.2 Å². The van der Waals surface area contributed by atoms with Gasteiger partial charge in [0.15, 0.2) is 0 Å². The summed E-state index contributed by atoms with van der Waals surface area (Å²) < 4.78 is 0. The highest BCUT2D eigenvalue weighted by molar-refractivity contribution is 6.58. The molecule has 2 nitrogen and oxygen atoms in total. The first-order valence-electron chi connectivity index (χ1n) is 8.36. The van der Waals surface area contributed by atoms with Crippen LogP contribution < -0.4 is 5.46 Å². The topological polar surface area (TPSA) is 40.5 Å². The lowest BCUT2D eigenvalue weighted by Crippen LogP contribution is -2.29. The summed E-state index contributed by atoms with van der Waals surface area (Å²) >= 11 is 0. The van der Waals surface area contributed by atoms with Crippen molar-refractivity contribution in [3.63, 3.8) is 0 Å². The molecule has 0 aromatic heterocycles. The van der Waals surface area contributed by atoms with Gasteiger partial charge in [0.2, 0.25) is 0 Å². The second-order valence-electron chi connectivity index (χ2n) is 6.44. The fourth-order valence-electron chi connectivity index (χ4n) is 3.93. The lowest BCUT2D eigenvalue weighted by molar-refractivity contribution is 0.426. The Morgan fingerprint density at radius 2 is 1.36 bits per heavy atom. The van der Waals surface area contributed by atoms with Crippen LogP contribution in [0.15, 0.2) is 78.9 Å². The van der Waals surface area contributed by atoms with E-state index in [0.717, 1.165) is 11.1 Å². The van der Waals surface area contributed by atoms with Crippen LogP contribution in [-0.2, 0) is 0 Å². The Morgan fingerprint density at radius 1 is 0.600 bits per heavy atom. The highest BCUT2D eigenvalue weighted by atomic mass is 16.4. The van der Waals surface area contributed by atoms with Crippen LogP contribution >= 0.6 is 0 Å². The van der Waals surface area contributed by atoms with E-state index in [0.29, 0.717) is 5.46 Å². The second kappa shape index (κ2) is 5.31. The van der Waals surface area contributed by atoms with Crippen LogP contribution in [0.1, 0.15) is 0 Å². The number of benzene rings is 4. The van der Waals surface area contributed by atoms with Crippen molar-refractivity contribution in [3.8, 4) is 33.4 Å². The zero-order valence-corrected chi connectivity index (χ0v) is 13.5. The molecule has 3 heteroatoms. The lowest BCUT2D eigenvalue weighted by Gasteiger charge is -2.12. The highest BCUT2D eigenvalue weighted by Gasteiger charge is 2.24. The molecule has 0 saturated heterocycles. The van der Waals surface area contributed by atoms with Crippen LogP contribution in [0.4, 0.5) is 0 Å². The molecule has 0 radical (unpaired) electrons. The van der Waals surface area contributed by atoms with Gasteiger partial charge in [0.1, 0.15) is 0 Å². The molecule has 0 atom stereocenters. The fraction of sp³-hybridized carbons (Fsp3) is 0. The van der Waals surface area contributed by atoms with Crippen molar-refractivity contribution in [1.29, 1.82) is 0 Å². The molecule has 5 rings (SSSR count). The maximum absolute atomic E-state index is 9.52. The van der Waals surface area contributed by atoms with Crippen LogP contribution in [0, 0.1) is 0 Å². The summed E-state index contributed by atoms with van der Waals surface area (Å²) in [6.07, 6.45) is 0. The molecule has 0 spiro atoms. The van der Waals surface area contributed by atoms with E-state index in [2.05, 4.69) is 54.6 Å². The third kappa shape index (κ3) is 2.07. The summed E-state index contributed by atoms with van der Waals surface area (Å²) in [5.41, 5.74) is 7.61. The van der Waals surface area contributed by atoms with Crippen LogP contribution in [0.3, 0.4) is 0 Å². The predicted molar refractivity (Wildman–Crippen MR) is 104 cm³/mol. The van der Waals surface area contributed by atoms with Gasteiger partial charge in [-0.05, 0) is 49.6 Å². The molecule has 0 amide bonds. The fourth-order valence-corrected chi connectivity index (χ4v) is 3.93. The third-order valence-electron chi connectivity index (χ3n) is 5.03. The van der Waals surface area contributed by atoms with Crippen LogP contribution in [0.2, 0.25) is 0 Å². The number of hydrogen-bond donors (Lipinski definition) is 2. The summed E-state index contributed by atoms with van der Waals surface area (Å²) in [5.74, 6) is 0. The van der Waals surface area contributed by atoms with Crippen molar-refractivity contribution >= 4 is 23.4 Å². The Kier molecular flexibility index (Phi) is 3.08. The molecule has 4 aromatic rings. The minimum Gasteiger partial charge on any atom is -0.423 e. The van der Waals surface area contributed by atoms with Gasteiger partial charge in [-0.1, -0.05) is 78.9 Å². The number of rotatable bonds is 2. The zero-order valence-electron chi connectivity index (χ0n) is 13.5. The smallest absolute Gasteiger partial charge is 0.423 e. The molecule has 0 bridgehead atoms. The van der Waals surface area contributed by atoms with E-state index in [1.165, 1.54) is 33.0 Å². The minimum atomic E-state index is -1.46. The molecule has 2 N–H and O–H groups in total. The van der Waals surface area contributed by atoms with Crippen molar-refractivity contribution < 1.29 is 10.0 Å². The van der Waals surface area contributed by atoms with Gasteiger partial charge in [0, 0.05) is 0 Å². The molecular formula is C22H15BO2. The molecule has 0 heterocycles. The highest BCUT2D eigenvalue weighted by Crippen LogP contribution is 2.50. The van der Waals surface area contributed by atoms with Gasteiger partial charge in [-0.25, -0.2) is 0 Å². The number of hydrogen-bond acceptors (Lipinski definition) is 2. The van der Waals surface area contributed by atoms with Gasteiger partial charge in [0.25, 0.3) is 0 Å². The van der Waals surface area contributed by atoms with Crippen molar-refractivity contribution in [2.24, 2.45) is 0 Å². The van der Waals surface area contributed by atoms with Crippen LogP contribution in [0.5, 0.6) is 0 Å². The molecule has 4 aromatic carbocycles. The quantitative estimate of drug-likeness (QED) is 0.485. The average Bonchev–Trinajstić information content (AvgIpc) is 2.99. The SMILES string of the molecule is OB(O)c1cccc(-c2ccc3cccc4c3c2-c2ccccc2-4)c1. The summed E-state index contributed by atoms with van der Waals surface area (Å²) in [5, 5.41) is 21.5. The van der Waals surface area contributed by atoms with E-state index in [9.17, 15) is 10.0 Å². The van der Waals surface area contributed by atoms with E-state index in [1.54, 1.807) is 6.07 Å². The largest absolute Gasteiger partial charge is 0.488 e. The van der Waals surface area contributed by atoms with Crippen molar-refractivity contribution in [1.82, 2.24) is 0 Å². The molecule has 0 aliphatic heterocycles. The van der Waals surface area contributed by atoms with Crippen LogP contribution in [-0.4, -0.2) is 17.2 Å². The molecule has 0 unspecified atom stereocenters. The second-order valence-corrected chi connectivity index (χ2v) is 6.44. The molecule has 0 fully saturated rings. The van der Waals surface area contributed by atoms with Crippen molar-refractivity contribution in [2.45, 2.75) is 0 Å². The van der Waals surface area contributed by atoms with Crippen LogP contribution in [0.25, 0.3) is 44.2 Å². The van der Waals surface area contributed by atoms with Gasteiger partial charge in [-0.2, -0.15) is 0 Å².